The Morgan fingerprint density at radius 1 is 1.47 bits per heavy atom. The molecule has 1 N–H and O–H groups in total. The van der Waals surface area contributed by atoms with E-state index in [1.807, 2.05) is 11.8 Å². The normalized spacial score (nSPS) is 26.8. The number of hydrogen-bond donors (Lipinski definition) is 1. The van der Waals surface area contributed by atoms with Gasteiger partial charge in [0.2, 0.25) is 0 Å². The molecule has 1 saturated carbocycles. The van der Waals surface area contributed by atoms with Crippen LogP contribution in [0.15, 0.2) is 0 Å². The molecule has 0 saturated heterocycles. The Kier molecular flexibility index (Phi) is 7.82. The summed E-state index contributed by atoms with van der Waals surface area (Å²) in [6, 6.07) is 2.96. The van der Waals surface area contributed by atoms with Gasteiger partial charge in [-0.15, -0.1) is 0 Å². The molecule has 0 aromatic rings. The maximum atomic E-state index is 9.57. The summed E-state index contributed by atoms with van der Waals surface area (Å²) >= 11 is 1.99. The Balaban J connectivity index is 2.33. The number of rotatable bonds is 9. The van der Waals surface area contributed by atoms with Gasteiger partial charge in [-0.25, -0.2) is 0 Å². The van der Waals surface area contributed by atoms with Crippen LogP contribution in [-0.2, 0) is 4.74 Å². The average Bonchev–Trinajstić information content (AvgIpc) is 2.76. The number of methoxy groups -OCH3 is 1. The molecule has 0 heterocycles. The topological polar surface area (TPSA) is 45.0 Å². The van der Waals surface area contributed by atoms with E-state index in [4.69, 9.17) is 4.74 Å². The lowest BCUT2D eigenvalue weighted by molar-refractivity contribution is 0.200. The predicted molar refractivity (Wildman–Crippen MR) is 82.4 cm³/mol. The van der Waals surface area contributed by atoms with Crippen LogP contribution in [0.3, 0.4) is 0 Å². The Morgan fingerprint density at radius 2 is 2.26 bits per heavy atom. The predicted octanol–water partition coefficient (Wildman–Crippen LogP) is 3.21. The lowest BCUT2D eigenvalue weighted by Gasteiger charge is -2.32. The van der Waals surface area contributed by atoms with Gasteiger partial charge in [0.25, 0.3) is 0 Å². The van der Waals surface area contributed by atoms with Crippen LogP contribution >= 0.6 is 11.8 Å². The van der Waals surface area contributed by atoms with Crippen molar-refractivity contribution in [1.29, 1.82) is 5.26 Å². The molecule has 0 amide bonds. The Morgan fingerprint density at radius 3 is 2.89 bits per heavy atom. The van der Waals surface area contributed by atoms with E-state index < -0.39 is 0 Å². The van der Waals surface area contributed by atoms with Crippen molar-refractivity contribution in [2.45, 2.75) is 57.5 Å². The third kappa shape index (κ3) is 5.33. The van der Waals surface area contributed by atoms with E-state index in [2.05, 4.69) is 25.2 Å². The van der Waals surface area contributed by atoms with E-state index in [0.717, 1.165) is 37.4 Å². The smallest absolute Gasteiger partial charge is 0.109 e. The van der Waals surface area contributed by atoms with Gasteiger partial charge in [0.15, 0.2) is 0 Å². The van der Waals surface area contributed by atoms with E-state index in [0.29, 0.717) is 12.0 Å². The monoisotopic (exact) mass is 284 g/mol. The molecule has 0 spiro atoms. The minimum atomic E-state index is -0.263. The molecule has 110 valence electrons. The highest BCUT2D eigenvalue weighted by Crippen LogP contribution is 2.38. The van der Waals surface area contributed by atoms with E-state index in [1.54, 1.807) is 7.11 Å². The number of thioether (sulfide) groups is 1. The fourth-order valence-corrected chi connectivity index (χ4v) is 3.96. The second-order valence-corrected chi connectivity index (χ2v) is 6.94. The number of nitriles is 1. The molecular formula is C15H28N2OS. The van der Waals surface area contributed by atoms with Gasteiger partial charge >= 0.3 is 0 Å². The molecule has 2 unspecified atom stereocenters. The summed E-state index contributed by atoms with van der Waals surface area (Å²) in [5.41, 5.74) is -0.263. The molecule has 0 aliphatic heterocycles. The number of nitrogens with one attached hydrogen (secondary N) is 1. The van der Waals surface area contributed by atoms with Gasteiger partial charge in [0, 0.05) is 19.8 Å². The largest absolute Gasteiger partial charge is 0.385 e. The van der Waals surface area contributed by atoms with Gasteiger partial charge in [-0.2, -0.15) is 17.0 Å². The van der Waals surface area contributed by atoms with Gasteiger partial charge in [-0.1, -0.05) is 6.42 Å². The molecule has 4 heteroatoms. The fourth-order valence-electron chi connectivity index (χ4n) is 2.99. The zero-order chi connectivity index (χ0) is 14.1. The SMILES string of the molecule is COCCCSCCC1CCCC1(C#N)NC(C)C. The van der Waals surface area contributed by atoms with Crippen molar-refractivity contribution in [3.8, 4) is 6.07 Å². The summed E-state index contributed by atoms with van der Waals surface area (Å²) < 4.78 is 5.05. The molecule has 0 aromatic heterocycles. The third-order valence-corrected chi connectivity index (χ3v) is 4.92. The van der Waals surface area contributed by atoms with E-state index in [-0.39, 0.29) is 5.54 Å². The van der Waals surface area contributed by atoms with Crippen molar-refractivity contribution in [3.63, 3.8) is 0 Å². The second kappa shape index (κ2) is 8.84. The lowest BCUT2D eigenvalue weighted by Crippen LogP contribution is -2.50. The minimum Gasteiger partial charge on any atom is -0.385 e. The van der Waals surface area contributed by atoms with E-state index in [1.165, 1.54) is 12.8 Å². The maximum Gasteiger partial charge on any atom is 0.109 e. The molecule has 1 rings (SSSR count). The summed E-state index contributed by atoms with van der Waals surface area (Å²) in [6.07, 6.45) is 5.68. The van der Waals surface area contributed by atoms with Gasteiger partial charge < -0.3 is 4.74 Å². The van der Waals surface area contributed by atoms with Crippen LogP contribution in [0.4, 0.5) is 0 Å². The van der Waals surface area contributed by atoms with Crippen molar-refractivity contribution in [2.75, 3.05) is 25.2 Å². The van der Waals surface area contributed by atoms with Crippen LogP contribution in [0, 0.1) is 17.2 Å². The molecule has 0 bridgehead atoms. The molecule has 19 heavy (non-hydrogen) atoms. The molecule has 1 aliphatic rings. The average molecular weight is 284 g/mol. The zero-order valence-electron chi connectivity index (χ0n) is 12.6. The summed E-state index contributed by atoms with van der Waals surface area (Å²) in [5.74, 6) is 2.85. The maximum absolute atomic E-state index is 9.57. The highest BCUT2D eigenvalue weighted by Gasteiger charge is 2.42. The Hall–Kier alpha value is -0.240. The third-order valence-electron chi connectivity index (χ3n) is 3.81. The van der Waals surface area contributed by atoms with Gasteiger partial charge in [-0.3, -0.25) is 5.32 Å². The molecule has 1 aliphatic carbocycles. The lowest BCUT2D eigenvalue weighted by atomic mass is 9.86. The van der Waals surface area contributed by atoms with Crippen LogP contribution in [0.5, 0.6) is 0 Å². The Labute approximate surface area is 122 Å². The highest BCUT2D eigenvalue weighted by atomic mass is 32.2. The number of nitrogens with zero attached hydrogens (tertiary/aromatic N) is 1. The second-order valence-electron chi connectivity index (χ2n) is 5.72. The zero-order valence-corrected chi connectivity index (χ0v) is 13.4. The molecule has 3 nitrogen and oxygen atoms in total. The van der Waals surface area contributed by atoms with Crippen molar-refractivity contribution < 1.29 is 4.74 Å². The first kappa shape index (κ1) is 16.8. The van der Waals surface area contributed by atoms with E-state index in [9.17, 15) is 5.26 Å². The highest BCUT2D eigenvalue weighted by molar-refractivity contribution is 7.99. The molecule has 2 atom stereocenters. The van der Waals surface area contributed by atoms with Crippen LogP contribution in [0.1, 0.15) is 46.0 Å². The van der Waals surface area contributed by atoms with Gasteiger partial charge in [0.1, 0.15) is 5.54 Å². The summed E-state index contributed by atoms with van der Waals surface area (Å²) in [6.45, 7) is 5.12. The van der Waals surface area contributed by atoms with Crippen LogP contribution < -0.4 is 5.32 Å². The molecule has 1 fully saturated rings. The van der Waals surface area contributed by atoms with Gasteiger partial charge in [-0.05, 0) is 57.0 Å². The fraction of sp³-hybridized carbons (Fsp3) is 0.933. The van der Waals surface area contributed by atoms with Crippen molar-refractivity contribution >= 4 is 11.8 Å². The van der Waals surface area contributed by atoms with Crippen molar-refractivity contribution in [2.24, 2.45) is 5.92 Å². The van der Waals surface area contributed by atoms with E-state index >= 15 is 0 Å². The first-order valence-electron chi connectivity index (χ1n) is 7.40. The van der Waals surface area contributed by atoms with Crippen LogP contribution in [0.25, 0.3) is 0 Å². The minimum absolute atomic E-state index is 0.263. The summed E-state index contributed by atoms with van der Waals surface area (Å²) in [4.78, 5) is 0. The van der Waals surface area contributed by atoms with Crippen LogP contribution in [-0.4, -0.2) is 36.8 Å². The summed E-state index contributed by atoms with van der Waals surface area (Å²) in [5, 5.41) is 13.1. The molecule has 0 aromatic carbocycles. The number of hydrogen-bond acceptors (Lipinski definition) is 4. The van der Waals surface area contributed by atoms with Gasteiger partial charge in [0.05, 0.1) is 6.07 Å². The van der Waals surface area contributed by atoms with Crippen LogP contribution in [0.2, 0.25) is 0 Å². The standard InChI is InChI=1S/C15H28N2OS/c1-13(2)17-15(12-16)8-4-6-14(15)7-11-19-10-5-9-18-3/h13-14,17H,4-11H2,1-3H3. The summed E-state index contributed by atoms with van der Waals surface area (Å²) in [7, 11) is 1.75. The number of ether oxygens (including phenoxy) is 1. The van der Waals surface area contributed by atoms with Crippen molar-refractivity contribution in [3.05, 3.63) is 0 Å². The first-order chi connectivity index (χ1) is 9.14. The van der Waals surface area contributed by atoms with Crippen molar-refractivity contribution in [1.82, 2.24) is 5.32 Å². The quantitative estimate of drug-likeness (QED) is 0.660. The molecular weight excluding hydrogens is 256 g/mol. The molecule has 0 radical (unpaired) electrons. The Bertz CT molecular complexity index is 290. The first-order valence-corrected chi connectivity index (χ1v) is 8.55.